The van der Waals surface area contributed by atoms with Crippen LogP contribution in [0.3, 0.4) is 0 Å². The zero-order chi connectivity index (χ0) is 8.97. The lowest BCUT2D eigenvalue weighted by atomic mass is 9.90. The quantitative estimate of drug-likeness (QED) is 0.592. The van der Waals surface area contributed by atoms with Crippen molar-refractivity contribution in [3.63, 3.8) is 0 Å². The van der Waals surface area contributed by atoms with E-state index in [1.54, 1.807) is 0 Å². The summed E-state index contributed by atoms with van der Waals surface area (Å²) in [6.45, 7) is 1.92. The molecule has 0 N–H and O–H groups in total. The van der Waals surface area contributed by atoms with E-state index in [4.69, 9.17) is 4.74 Å². The third-order valence-electron chi connectivity index (χ3n) is 1.89. The second-order valence-corrected chi connectivity index (χ2v) is 2.57. The molecular formula is C9H10O3. The van der Waals surface area contributed by atoms with Crippen molar-refractivity contribution in [1.29, 1.82) is 0 Å². The van der Waals surface area contributed by atoms with Gasteiger partial charge >= 0.3 is 0 Å². The fourth-order valence-electron chi connectivity index (χ4n) is 1.24. The van der Waals surface area contributed by atoms with Crippen LogP contribution in [0, 0.1) is 5.92 Å². The second kappa shape index (κ2) is 3.85. The van der Waals surface area contributed by atoms with E-state index in [0.717, 1.165) is 19.0 Å². The predicted octanol–water partition coefficient (Wildman–Crippen LogP) is 1.21. The standard InChI is InChI=1S/C9H10O3/c1-2-9-7(3-10)5-12-6-8(9)4-11/h3-6,9H,2H2,1H3. The van der Waals surface area contributed by atoms with Gasteiger partial charge in [-0.1, -0.05) is 6.92 Å². The van der Waals surface area contributed by atoms with Crippen molar-refractivity contribution in [1.82, 2.24) is 0 Å². The fourth-order valence-corrected chi connectivity index (χ4v) is 1.24. The molecule has 0 atom stereocenters. The van der Waals surface area contributed by atoms with Crippen molar-refractivity contribution in [2.24, 2.45) is 5.92 Å². The highest BCUT2D eigenvalue weighted by atomic mass is 16.5. The first-order valence-electron chi connectivity index (χ1n) is 3.79. The molecule has 3 nitrogen and oxygen atoms in total. The van der Waals surface area contributed by atoms with Gasteiger partial charge in [-0.25, -0.2) is 0 Å². The summed E-state index contributed by atoms with van der Waals surface area (Å²) in [7, 11) is 0. The number of carbonyl (C=O) groups is 2. The summed E-state index contributed by atoms with van der Waals surface area (Å²) in [6, 6.07) is 0. The van der Waals surface area contributed by atoms with E-state index in [1.165, 1.54) is 12.5 Å². The van der Waals surface area contributed by atoms with Gasteiger partial charge in [-0.3, -0.25) is 9.59 Å². The SMILES string of the molecule is CCC1C(C=O)=COC=C1C=O. The molecule has 0 amide bonds. The third kappa shape index (κ3) is 1.44. The van der Waals surface area contributed by atoms with Gasteiger partial charge in [0.1, 0.15) is 12.6 Å². The number of ether oxygens (including phenoxy) is 1. The maximum absolute atomic E-state index is 10.5. The highest BCUT2D eigenvalue weighted by Gasteiger charge is 2.20. The molecule has 0 aromatic heterocycles. The summed E-state index contributed by atoms with van der Waals surface area (Å²) >= 11 is 0. The van der Waals surface area contributed by atoms with Crippen LogP contribution in [0.1, 0.15) is 13.3 Å². The van der Waals surface area contributed by atoms with Gasteiger partial charge in [0.05, 0.1) is 12.5 Å². The lowest BCUT2D eigenvalue weighted by molar-refractivity contribution is -0.106. The summed E-state index contributed by atoms with van der Waals surface area (Å²) in [6.07, 6.45) is 4.95. The number of allylic oxidation sites excluding steroid dienone is 2. The molecule has 64 valence electrons. The molecular weight excluding hydrogens is 156 g/mol. The molecule has 1 rings (SSSR count). The van der Waals surface area contributed by atoms with Crippen molar-refractivity contribution in [2.45, 2.75) is 13.3 Å². The van der Waals surface area contributed by atoms with Crippen molar-refractivity contribution in [3.8, 4) is 0 Å². The van der Waals surface area contributed by atoms with Crippen LogP contribution < -0.4 is 0 Å². The summed E-state index contributed by atoms with van der Waals surface area (Å²) in [5.74, 6) is -0.0891. The Bertz CT molecular complexity index is 226. The molecule has 3 heteroatoms. The van der Waals surface area contributed by atoms with Crippen LogP contribution in [0.5, 0.6) is 0 Å². The van der Waals surface area contributed by atoms with Crippen molar-refractivity contribution in [3.05, 3.63) is 23.7 Å². The van der Waals surface area contributed by atoms with Gasteiger partial charge in [-0.2, -0.15) is 0 Å². The Labute approximate surface area is 70.7 Å². The zero-order valence-electron chi connectivity index (χ0n) is 6.82. The largest absolute Gasteiger partial charge is 0.472 e. The number of hydrogen-bond donors (Lipinski definition) is 0. The monoisotopic (exact) mass is 166 g/mol. The molecule has 0 spiro atoms. The lowest BCUT2D eigenvalue weighted by Crippen LogP contribution is -2.12. The Morgan fingerprint density at radius 2 is 1.83 bits per heavy atom. The van der Waals surface area contributed by atoms with Crippen LogP contribution in [0.25, 0.3) is 0 Å². The van der Waals surface area contributed by atoms with Crippen LogP contribution in [0.15, 0.2) is 23.7 Å². The minimum atomic E-state index is -0.0891. The molecule has 1 heterocycles. The molecule has 0 saturated carbocycles. The van der Waals surface area contributed by atoms with Gasteiger partial charge in [0.2, 0.25) is 0 Å². The Hall–Kier alpha value is -1.38. The molecule has 12 heavy (non-hydrogen) atoms. The Morgan fingerprint density at radius 1 is 1.33 bits per heavy atom. The lowest BCUT2D eigenvalue weighted by Gasteiger charge is -2.17. The average Bonchev–Trinajstić information content (AvgIpc) is 2.16. The first kappa shape index (κ1) is 8.71. The summed E-state index contributed by atoms with van der Waals surface area (Å²) in [5.41, 5.74) is 1.06. The highest BCUT2D eigenvalue weighted by Crippen LogP contribution is 2.24. The van der Waals surface area contributed by atoms with E-state index in [1.807, 2.05) is 6.92 Å². The molecule has 0 saturated heterocycles. The fraction of sp³-hybridized carbons (Fsp3) is 0.333. The molecule has 0 unspecified atom stereocenters. The van der Waals surface area contributed by atoms with E-state index < -0.39 is 0 Å². The maximum Gasteiger partial charge on any atom is 0.149 e. The predicted molar refractivity (Wildman–Crippen MR) is 43.2 cm³/mol. The highest BCUT2D eigenvalue weighted by molar-refractivity contribution is 5.82. The summed E-state index contributed by atoms with van der Waals surface area (Å²) in [4.78, 5) is 21.0. The Morgan fingerprint density at radius 3 is 2.17 bits per heavy atom. The van der Waals surface area contributed by atoms with E-state index in [-0.39, 0.29) is 5.92 Å². The maximum atomic E-state index is 10.5. The normalized spacial score (nSPS) is 17.4. The molecule has 0 aliphatic carbocycles. The first-order chi connectivity index (χ1) is 5.83. The number of hydrogen-bond acceptors (Lipinski definition) is 3. The van der Waals surface area contributed by atoms with E-state index in [2.05, 4.69) is 0 Å². The molecule has 0 aromatic rings. The summed E-state index contributed by atoms with van der Waals surface area (Å²) in [5, 5.41) is 0. The van der Waals surface area contributed by atoms with Crippen LogP contribution >= 0.6 is 0 Å². The van der Waals surface area contributed by atoms with Crippen LogP contribution in [-0.4, -0.2) is 12.6 Å². The van der Waals surface area contributed by atoms with E-state index >= 15 is 0 Å². The van der Waals surface area contributed by atoms with Crippen molar-refractivity contribution in [2.75, 3.05) is 0 Å². The van der Waals surface area contributed by atoms with Gasteiger partial charge in [-0.05, 0) is 6.42 Å². The van der Waals surface area contributed by atoms with Crippen molar-refractivity contribution < 1.29 is 14.3 Å². The van der Waals surface area contributed by atoms with Gasteiger partial charge < -0.3 is 4.74 Å². The van der Waals surface area contributed by atoms with Gasteiger partial charge in [0.25, 0.3) is 0 Å². The third-order valence-corrected chi connectivity index (χ3v) is 1.89. The Kier molecular flexibility index (Phi) is 2.80. The average molecular weight is 166 g/mol. The minimum Gasteiger partial charge on any atom is -0.472 e. The van der Waals surface area contributed by atoms with E-state index in [9.17, 15) is 9.59 Å². The zero-order valence-corrected chi connectivity index (χ0v) is 6.82. The Balaban J connectivity index is 2.88. The molecule has 0 bridgehead atoms. The summed E-state index contributed by atoms with van der Waals surface area (Å²) < 4.78 is 4.82. The minimum absolute atomic E-state index is 0.0891. The molecule has 0 radical (unpaired) electrons. The van der Waals surface area contributed by atoms with Crippen LogP contribution in [0.4, 0.5) is 0 Å². The number of aldehydes is 2. The number of rotatable bonds is 3. The van der Waals surface area contributed by atoms with Crippen LogP contribution in [-0.2, 0) is 14.3 Å². The molecule has 0 aromatic carbocycles. The van der Waals surface area contributed by atoms with Gasteiger partial charge in [0, 0.05) is 17.1 Å². The molecule has 0 fully saturated rings. The second-order valence-electron chi connectivity index (χ2n) is 2.57. The van der Waals surface area contributed by atoms with Crippen molar-refractivity contribution >= 4 is 12.6 Å². The van der Waals surface area contributed by atoms with Crippen LogP contribution in [0.2, 0.25) is 0 Å². The number of carbonyl (C=O) groups excluding carboxylic acids is 2. The topological polar surface area (TPSA) is 43.4 Å². The van der Waals surface area contributed by atoms with Gasteiger partial charge in [-0.15, -0.1) is 0 Å². The van der Waals surface area contributed by atoms with Gasteiger partial charge in [0.15, 0.2) is 0 Å². The molecule has 1 aliphatic rings. The molecule has 1 aliphatic heterocycles. The smallest absolute Gasteiger partial charge is 0.149 e. The first-order valence-corrected chi connectivity index (χ1v) is 3.79. The van der Waals surface area contributed by atoms with E-state index in [0.29, 0.717) is 11.1 Å².